The highest BCUT2D eigenvalue weighted by molar-refractivity contribution is 5.58. The second-order valence-electron chi connectivity index (χ2n) is 5.92. The van der Waals surface area contributed by atoms with Gasteiger partial charge in [-0.3, -0.25) is 0 Å². The fourth-order valence-electron chi connectivity index (χ4n) is 2.74. The third-order valence-electron chi connectivity index (χ3n) is 4.14. The fraction of sp³-hybridized carbons (Fsp3) is 0.647. The van der Waals surface area contributed by atoms with E-state index in [4.69, 9.17) is 9.47 Å². The van der Waals surface area contributed by atoms with Crippen molar-refractivity contribution < 1.29 is 9.47 Å². The van der Waals surface area contributed by atoms with Crippen LogP contribution in [0.4, 0.5) is 5.69 Å². The molecule has 1 aliphatic rings. The minimum atomic E-state index is 0.00634. The number of hydrogen-bond acceptors (Lipinski definition) is 3. The average molecular weight is 277 g/mol. The zero-order valence-corrected chi connectivity index (χ0v) is 13.2. The van der Waals surface area contributed by atoms with Gasteiger partial charge in [-0.2, -0.15) is 0 Å². The zero-order valence-electron chi connectivity index (χ0n) is 13.2. The molecule has 1 aromatic carbocycles. The number of rotatable bonds is 5. The van der Waals surface area contributed by atoms with Gasteiger partial charge in [0.1, 0.15) is 5.75 Å². The molecule has 2 rings (SSSR count). The molecule has 0 aromatic heterocycles. The van der Waals surface area contributed by atoms with E-state index in [0.29, 0.717) is 12.6 Å². The van der Waals surface area contributed by atoms with Crippen LogP contribution < -0.4 is 10.1 Å². The van der Waals surface area contributed by atoms with E-state index in [1.165, 1.54) is 5.56 Å². The van der Waals surface area contributed by atoms with Gasteiger partial charge in [-0.25, -0.2) is 0 Å². The second kappa shape index (κ2) is 6.49. The average Bonchev–Trinajstić information content (AvgIpc) is 2.42. The van der Waals surface area contributed by atoms with Crippen LogP contribution in [0.3, 0.4) is 0 Å². The maximum atomic E-state index is 5.91. The Balaban J connectivity index is 2.09. The Kier molecular flexibility index (Phi) is 4.92. The summed E-state index contributed by atoms with van der Waals surface area (Å²) in [6.07, 6.45) is 3.15. The summed E-state index contributed by atoms with van der Waals surface area (Å²) in [4.78, 5) is 0. The molecule has 112 valence electrons. The quantitative estimate of drug-likeness (QED) is 0.877. The molecule has 0 saturated carbocycles. The van der Waals surface area contributed by atoms with Crippen molar-refractivity contribution in [3.05, 3.63) is 23.8 Å². The lowest BCUT2D eigenvalue weighted by Crippen LogP contribution is -2.41. The van der Waals surface area contributed by atoms with Gasteiger partial charge < -0.3 is 14.8 Å². The van der Waals surface area contributed by atoms with Crippen molar-refractivity contribution in [3.8, 4) is 5.75 Å². The van der Waals surface area contributed by atoms with Crippen LogP contribution >= 0.6 is 0 Å². The van der Waals surface area contributed by atoms with Crippen molar-refractivity contribution in [3.63, 3.8) is 0 Å². The second-order valence-corrected chi connectivity index (χ2v) is 5.92. The highest BCUT2D eigenvalue weighted by atomic mass is 16.5. The lowest BCUT2D eigenvalue weighted by Gasteiger charge is -2.38. The molecule has 1 N–H and O–H groups in total. The summed E-state index contributed by atoms with van der Waals surface area (Å²) in [7, 11) is 0. The molecule has 0 spiro atoms. The minimum Gasteiger partial charge on any atom is -0.492 e. The van der Waals surface area contributed by atoms with Crippen LogP contribution in [0.2, 0.25) is 0 Å². The molecule has 1 aliphatic heterocycles. The maximum Gasteiger partial charge on any atom is 0.142 e. The Hall–Kier alpha value is -1.22. The third-order valence-corrected chi connectivity index (χ3v) is 4.14. The predicted molar refractivity (Wildman–Crippen MR) is 83.6 cm³/mol. The number of anilines is 1. The van der Waals surface area contributed by atoms with Gasteiger partial charge in [-0.1, -0.05) is 13.0 Å². The molecular weight excluding hydrogens is 250 g/mol. The molecule has 2 atom stereocenters. The molecule has 3 nitrogen and oxygen atoms in total. The standard InChI is InChI=1S/C17H27NO2/c1-5-17(4)12-14(9-10-20-17)18-15-8-7-13(3)11-16(15)19-6-2/h7-8,11,14,18H,5-6,9-10,12H2,1-4H3. The molecule has 0 amide bonds. The van der Waals surface area contributed by atoms with E-state index < -0.39 is 0 Å². The lowest BCUT2D eigenvalue weighted by atomic mass is 9.90. The third kappa shape index (κ3) is 3.66. The monoisotopic (exact) mass is 277 g/mol. The number of ether oxygens (including phenoxy) is 2. The minimum absolute atomic E-state index is 0.00634. The Morgan fingerprint density at radius 3 is 2.90 bits per heavy atom. The molecule has 1 fully saturated rings. The van der Waals surface area contributed by atoms with E-state index in [1.807, 2.05) is 6.92 Å². The highest BCUT2D eigenvalue weighted by Crippen LogP contribution is 2.32. The van der Waals surface area contributed by atoms with Gasteiger partial charge in [-0.15, -0.1) is 0 Å². The Bertz CT molecular complexity index is 447. The smallest absolute Gasteiger partial charge is 0.142 e. The van der Waals surface area contributed by atoms with Crippen molar-refractivity contribution in [1.29, 1.82) is 0 Å². The number of hydrogen-bond donors (Lipinski definition) is 1. The van der Waals surface area contributed by atoms with Gasteiger partial charge >= 0.3 is 0 Å². The van der Waals surface area contributed by atoms with Crippen molar-refractivity contribution >= 4 is 5.69 Å². The Morgan fingerprint density at radius 2 is 2.20 bits per heavy atom. The van der Waals surface area contributed by atoms with Crippen LogP contribution in [0, 0.1) is 6.92 Å². The van der Waals surface area contributed by atoms with Crippen LogP contribution in [0.1, 0.15) is 45.6 Å². The van der Waals surface area contributed by atoms with E-state index in [-0.39, 0.29) is 5.60 Å². The molecule has 1 heterocycles. The van der Waals surface area contributed by atoms with Gasteiger partial charge in [0.25, 0.3) is 0 Å². The van der Waals surface area contributed by atoms with Crippen LogP contribution in [-0.4, -0.2) is 24.9 Å². The summed E-state index contributed by atoms with van der Waals surface area (Å²) in [5.41, 5.74) is 2.33. The Labute approximate surface area is 122 Å². The summed E-state index contributed by atoms with van der Waals surface area (Å²) in [5, 5.41) is 3.65. The molecule has 20 heavy (non-hydrogen) atoms. The number of nitrogens with one attached hydrogen (secondary N) is 1. The first-order valence-corrected chi connectivity index (χ1v) is 7.70. The van der Waals surface area contributed by atoms with Crippen molar-refractivity contribution in [2.75, 3.05) is 18.5 Å². The van der Waals surface area contributed by atoms with Gasteiger partial charge in [0.2, 0.25) is 0 Å². The van der Waals surface area contributed by atoms with Crippen LogP contribution in [0.15, 0.2) is 18.2 Å². The van der Waals surface area contributed by atoms with Gasteiger partial charge in [-0.05, 0) is 57.7 Å². The SMILES string of the molecule is CCOc1cc(C)ccc1NC1CCOC(C)(CC)C1. The van der Waals surface area contributed by atoms with Crippen molar-refractivity contribution in [2.45, 2.75) is 58.6 Å². The van der Waals surface area contributed by atoms with E-state index in [9.17, 15) is 0 Å². The number of benzene rings is 1. The van der Waals surface area contributed by atoms with Crippen molar-refractivity contribution in [1.82, 2.24) is 0 Å². The van der Waals surface area contributed by atoms with E-state index in [1.54, 1.807) is 0 Å². The molecule has 1 saturated heterocycles. The topological polar surface area (TPSA) is 30.5 Å². The van der Waals surface area contributed by atoms with E-state index in [2.05, 4.69) is 44.3 Å². The normalized spacial score (nSPS) is 26.3. The molecule has 2 unspecified atom stereocenters. The molecule has 0 aliphatic carbocycles. The summed E-state index contributed by atoms with van der Waals surface area (Å²) in [6, 6.07) is 6.81. The Morgan fingerprint density at radius 1 is 1.40 bits per heavy atom. The van der Waals surface area contributed by atoms with Crippen molar-refractivity contribution in [2.24, 2.45) is 0 Å². The molecule has 1 aromatic rings. The predicted octanol–water partition coefficient (Wildman–Crippen LogP) is 4.15. The highest BCUT2D eigenvalue weighted by Gasteiger charge is 2.31. The molecule has 0 radical (unpaired) electrons. The van der Waals surface area contributed by atoms with Crippen LogP contribution in [0.25, 0.3) is 0 Å². The largest absolute Gasteiger partial charge is 0.492 e. The molecule has 0 bridgehead atoms. The summed E-state index contributed by atoms with van der Waals surface area (Å²) >= 11 is 0. The first-order valence-electron chi connectivity index (χ1n) is 7.70. The van der Waals surface area contributed by atoms with Gasteiger partial charge in [0, 0.05) is 12.6 Å². The van der Waals surface area contributed by atoms with E-state index in [0.717, 1.165) is 37.3 Å². The van der Waals surface area contributed by atoms with E-state index >= 15 is 0 Å². The first kappa shape index (κ1) is 15.2. The first-order chi connectivity index (χ1) is 9.56. The van der Waals surface area contributed by atoms with Gasteiger partial charge in [0.15, 0.2) is 0 Å². The summed E-state index contributed by atoms with van der Waals surface area (Å²) in [6.45, 7) is 10.0. The lowest BCUT2D eigenvalue weighted by molar-refractivity contribution is -0.0709. The van der Waals surface area contributed by atoms with Crippen LogP contribution in [0.5, 0.6) is 5.75 Å². The van der Waals surface area contributed by atoms with Gasteiger partial charge in [0.05, 0.1) is 17.9 Å². The fourth-order valence-corrected chi connectivity index (χ4v) is 2.74. The zero-order chi connectivity index (χ0) is 14.6. The summed E-state index contributed by atoms with van der Waals surface area (Å²) < 4.78 is 11.7. The summed E-state index contributed by atoms with van der Waals surface area (Å²) in [5.74, 6) is 0.956. The van der Waals surface area contributed by atoms with Crippen LogP contribution in [-0.2, 0) is 4.74 Å². The maximum absolute atomic E-state index is 5.91. The molecular formula is C17H27NO2. The number of aryl methyl sites for hydroxylation is 1. The molecule has 3 heteroatoms.